The van der Waals surface area contributed by atoms with Crippen molar-refractivity contribution >= 4 is 0 Å². The smallest absolute Gasteiger partial charge is 0.0652 e. The maximum Gasteiger partial charge on any atom is 0.0652 e. The van der Waals surface area contributed by atoms with E-state index in [-0.39, 0.29) is 0 Å². The van der Waals surface area contributed by atoms with Crippen LogP contribution in [-0.2, 0) is 0 Å². The third-order valence-electron chi connectivity index (χ3n) is 5.33. The van der Waals surface area contributed by atoms with Crippen molar-refractivity contribution in [1.82, 2.24) is 25.0 Å². The molecule has 23 heavy (non-hydrogen) atoms. The van der Waals surface area contributed by atoms with Gasteiger partial charge < -0.3 is 10.2 Å². The summed E-state index contributed by atoms with van der Waals surface area (Å²) < 4.78 is 0. The molecule has 0 aromatic carbocycles. The Bertz CT molecular complexity index is 458. The SMILES string of the molecule is CCN1CCN(CC(c2ccccn2)N2CCNCC2C)CC1. The van der Waals surface area contributed by atoms with Crippen LogP contribution in [-0.4, -0.2) is 84.6 Å². The molecule has 2 saturated heterocycles. The minimum absolute atomic E-state index is 0.404. The molecule has 1 aromatic heterocycles. The first-order valence-corrected chi connectivity index (χ1v) is 9.10. The molecule has 3 heterocycles. The summed E-state index contributed by atoms with van der Waals surface area (Å²) in [7, 11) is 0. The van der Waals surface area contributed by atoms with E-state index in [0.717, 1.165) is 26.2 Å². The summed E-state index contributed by atoms with van der Waals surface area (Å²) in [6.45, 7) is 14.9. The van der Waals surface area contributed by atoms with E-state index in [2.05, 4.69) is 51.0 Å². The number of pyridine rings is 1. The predicted molar refractivity (Wildman–Crippen MR) is 94.6 cm³/mol. The lowest BCUT2D eigenvalue weighted by Crippen LogP contribution is -2.55. The minimum atomic E-state index is 0.404. The molecule has 2 aliphatic heterocycles. The van der Waals surface area contributed by atoms with E-state index in [1.807, 2.05) is 12.3 Å². The zero-order valence-corrected chi connectivity index (χ0v) is 14.6. The fourth-order valence-electron chi connectivity index (χ4n) is 3.79. The number of likely N-dealkylation sites (N-methyl/N-ethyl adjacent to an activating group) is 1. The fraction of sp³-hybridized carbons (Fsp3) is 0.722. The molecule has 1 N–H and O–H groups in total. The van der Waals surface area contributed by atoms with Crippen LogP contribution in [0, 0.1) is 0 Å². The molecule has 5 nitrogen and oxygen atoms in total. The van der Waals surface area contributed by atoms with Gasteiger partial charge in [-0.15, -0.1) is 0 Å². The Balaban J connectivity index is 1.70. The Morgan fingerprint density at radius 2 is 1.96 bits per heavy atom. The molecule has 2 aliphatic rings. The lowest BCUT2D eigenvalue weighted by Gasteiger charge is -2.43. The van der Waals surface area contributed by atoms with Crippen LogP contribution in [0.3, 0.4) is 0 Å². The maximum atomic E-state index is 4.69. The lowest BCUT2D eigenvalue weighted by atomic mass is 10.1. The maximum absolute atomic E-state index is 4.69. The van der Waals surface area contributed by atoms with Crippen LogP contribution in [0.15, 0.2) is 24.4 Å². The van der Waals surface area contributed by atoms with Gasteiger partial charge in [-0.3, -0.25) is 14.8 Å². The van der Waals surface area contributed by atoms with Gasteiger partial charge in [0.05, 0.1) is 11.7 Å². The van der Waals surface area contributed by atoms with Crippen LogP contribution in [0.4, 0.5) is 0 Å². The average Bonchev–Trinajstić information content (AvgIpc) is 2.62. The van der Waals surface area contributed by atoms with Crippen molar-refractivity contribution in [2.75, 3.05) is 58.9 Å². The van der Waals surface area contributed by atoms with Gasteiger partial charge in [0.25, 0.3) is 0 Å². The van der Waals surface area contributed by atoms with Gasteiger partial charge in [-0.2, -0.15) is 0 Å². The van der Waals surface area contributed by atoms with Crippen LogP contribution >= 0.6 is 0 Å². The number of nitrogens with one attached hydrogen (secondary N) is 1. The molecule has 0 saturated carbocycles. The van der Waals surface area contributed by atoms with Crippen molar-refractivity contribution in [1.29, 1.82) is 0 Å². The second-order valence-electron chi connectivity index (χ2n) is 6.80. The predicted octanol–water partition coefficient (Wildman–Crippen LogP) is 1.05. The van der Waals surface area contributed by atoms with Crippen LogP contribution in [0.25, 0.3) is 0 Å². The molecule has 2 fully saturated rings. The Labute approximate surface area is 140 Å². The zero-order valence-electron chi connectivity index (χ0n) is 14.6. The highest BCUT2D eigenvalue weighted by Crippen LogP contribution is 2.24. The van der Waals surface area contributed by atoms with E-state index in [1.54, 1.807) is 0 Å². The van der Waals surface area contributed by atoms with Gasteiger partial charge in [0.15, 0.2) is 0 Å². The molecular weight excluding hydrogens is 286 g/mol. The van der Waals surface area contributed by atoms with Gasteiger partial charge in [-0.25, -0.2) is 0 Å². The summed E-state index contributed by atoms with van der Waals surface area (Å²) >= 11 is 0. The van der Waals surface area contributed by atoms with Gasteiger partial charge in [-0.1, -0.05) is 13.0 Å². The van der Waals surface area contributed by atoms with E-state index in [9.17, 15) is 0 Å². The molecule has 0 bridgehead atoms. The molecule has 0 spiro atoms. The lowest BCUT2D eigenvalue weighted by molar-refractivity contribution is 0.0606. The van der Waals surface area contributed by atoms with Crippen LogP contribution in [0.2, 0.25) is 0 Å². The number of hydrogen-bond acceptors (Lipinski definition) is 5. The molecule has 2 atom stereocenters. The standard InChI is InChI=1S/C18H31N5/c1-3-21-10-12-22(13-11-21)15-18(17-6-4-5-7-20-17)23-9-8-19-14-16(23)2/h4-7,16,18-19H,3,8-15H2,1-2H3. The third-order valence-corrected chi connectivity index (χ3v) is 5.33. The first-order valence-electron chi connectivity index (χ1n) is 9.10. The molecule has 0 aliphatic carbocycles. The molecular formula is C18H31N5. The van der Waals surface area contributed by atoms with Crippen LogP contribution < -0.4 is 5.32 Å². The van der Waals surface area contributed by atoms with Crippen molar-refractivity contribution in [2.24, 2.45) is 0 Å². The number of hydrogen-bond donors (Lipinski definition) is 1. The van der Waals surface area contributed by atoms with Crippen molar-refractivity contribution in [2.45, 2.75) is 25.9 Å². The number of rotatable bonds is 5. The monoisotopic (exact) mass is 317 g/mol. The quantitative estimate of drug-likeness (QED) is 0.878. The van der Waals surface area contributed by atoms with Gasteiger partial charge in [0.1, 0.15) is 0 Å². The first kappa shape index (κ1) is 16.8. The van der Waals surface area contributed by atoms with Crippen LogP contribution in [0.5, 0.6) is 0 Å². The summed E-state index contributed by atoms with van der Waals surface area (Å²) in [5.74, 6) is 0. The van der Waals surface area contributed by atoms with Gasteiger partial charge in [0.2, 0.25) is 0 Å². The topological polar surface area (TPSA) is 34.6 Å². The highest BCUT2D eigenvalue weighted by Gasteiger charge is 2.30. The molecule has 3 rings (SSSR count). The van der Waals surface area contributed by atoms with E-state index in [0.29, 0.717) is 12.1 Å². The Kier molecular flexibility index (Phi) is 6.00. The summed E-state index contributed by atoms with van der Waals surface area (Å²) in [6, 6.07) is 7.30. The second kappa shape index (κ2) is 8.20. The van der Waals surface area contributed by atoms with Crippen molar-refractivity contribution in [3.8, 4) is 0 Å². The van der Waals surface area contributed by atoms with E-state index in [4.69, 9.17) is 0 Å². The second-order valence-corrected chi connectivity index (χ2v) is 6.80. The Morgan fingerprint density at radius 1 is 1.17 bits per heavy atom. The van der Waals surface area contributed by atoms with E-state index in [1.165, 1.54) is 38.4 Å². The first-order chi connectivity index (χ1) is 11.3. The van der Waals surface area contributed by atoms with Crippen LogP contribution in [0.1, 0.15) is 25.6 Å². The van der Waals surface area contributed by atoms with Gasteiger partial charge in [-0.05, 0) is 25.6 Å². The Morgan fingerprint density at radius 3 is 2.61 bits per heavy atom. The normalized spacial score (nSPS) is 26.3. The van der Waals surface area contributed by atoms with Gasteiger partial charge in [0, 0.05) is 64.6 Å². The van der Waals surface area contributed by atoms with Gasteiger partial charge >= 0.3 is 0 Å². The van der Waals surface area contributed by atoms with Crippen molar-refractivity contribution < 1.29 is 0 Å². The summed E-state index contributed by atoms with van der Waals surface area (Å²) in [4.78, 5) is 12.5. The third kappa shape index (κ3) is 4.29. The molecule has 0 amide bonds. The molecule has 128 valence electrons. The number of nitrogens with zero attached hydrogens (tertiary/aromatic N) is 4. The highest BCUT2D eigenvalue weighted by molar-refractivity contribution is 5.11. The highest BCUT2D eigenvalue weighted by atomic mass is 15.3. The summed E-state index contributed by atoms with van der Waals surface area (Å²) in [5.41, 5.74) is 1.22. The minimum Gasteiger partial charge on any atom is -0.314 e. The Hall–Kier alpha value is -1.01. The molecule has 1 aromatic rings. The van der Waals surface area contributed by atoms with E-state index >= 15 is 0 Å². The number of aromatic nitrogens is 1. The molecule has 2 unspecified atom stereocenters. The fourth-order valence-corrected chi connectivity index (χ4v) is 3.79. The van der Waals surface area contributed by atoms with Crippen molar-refractivity contribution in [3.05, 3.63) is 30.1 Å². The molecule has 5 heteroatoms. The van der Waals surface area contributed by atoms with Crippen molar-refractivity contribution in [3.63, 3.8) is 0 Å². The van der Waals surface area contributed by atoms with E-state index < -0.39 is 0 Å². The summed E-state index contributed by atoms with van der Waals surface area (Å²) in [5, 5.41) is 3.51. The average molecular weight is 317 g/mol. The summed E-state index contributed by atoms with van der Waals surface area (Å²) in [6.07, 6.45) is 1.93. The molecule has 0 radical (unpaired) electrons. The largest absolute Gasteiger partial charge is 0.314 e. The number of piperazine rings is 2. The zero-order chi connectivity index (χ0) is 16.1.